The topological polar surface area (TPSA) is 18.5 Å². The summed E-state index contributed by atoms with van der Waals surface area (Å²) < 4.78 is 0. The minimum absolute atomic E-state index is 0.327. The highest BCUT2D eigenvalue weighted by molar-refractivity contribution is 6.31. The predicted molar refractivity (Wildman–Crippen MR) is 91.0 cm³/mol. The summed E-state index contributed by atoms with van der Waals surface area (Å²) >= 11 is 6.30. The van der Waals surface area contributed by atoms with Crippen LogP contribution in [0.15, 0.2) is 24.3 Å². The molecule has 1 aliphatic rings. The van der Waals surface area contributed by atoms with Gasteiger partial charge in [0.15, 0.2) is 0 Å². The van der Waals surface area contributed by atoms with Gasteiger partial charge in [0, 0.05) is 24.2 Å². The lowest BCUT2D eigenvalue weighted by atomic mass is 10.0. The van der Waals surface area contributed by atoms with Crippen LogP contribution in [0.3, 0.4) is 0 Å². The Morgan fingerprint density at radius 3 is 2.62 bits per heavy atom. The van der Waals surface area contributed by atoms with Crippen molar-refractivity contribution in [1.82, 2.24) is 15.1 Å². The van der Waals surface area contributed by atoms with E-state index in [0.29, 0.717) is 6.04 Å². The van der Waals surface area contributed by atoms with E-state index in [9.17, 15) is 0 Å². The van der Waals surface area contributed by atoms with E-state index in [1.807, 2.05) is 19.2 Å². The van der Waals surface area contributed by atoms with Crippen molar-refractivity contribution in [1.29, 1.82) is 0 Å². The molecule has 0 spiro atoms. The van der Waals surface area contributed by atoms with Gasteiger partial charge in [0.25, 0.3) is 0 Å². The number of likely N-dealkylation sites (tertiary alicyclic amines) is 1. The Hall–Kier alpha value is -0.610. The van der Waals surface area contributed by atoms with Crippen LogP contribution in [0.4, 0.5) is 0 Å². The summed E-state index contributed by atoms with van der Waals surface area (Å²) in [5, 5.41) is 4.25. The van der Waals surface area contributed by atoms with Crippen LogP contribution >= 0.6 is 11.6 Å². The van der Waals surface area contributed by atoms with E-state index in [2.05, 4.69) is 34.3 Å². The van der Waals surface area contributed by atoms with Gasteiger partial charge in [-0.25, -0.2) is 0 Å². The molecule has 1 unspecified atom stereocenters. The molecule has 0 bridgehead atoms. The molecule has 3 nitrogen and oxygen atoms in total. The van der Waals surface area contributed by atoms with Gasteiger partial charge in [-0.3, -0.25) is 0 Å². The SMILES string of the molecule is CNC(CCN(C)CCN1CCCC1)c1ccccc1Cl. The molecule has 0 radical (unpaired) electrons. The van der Waals surface area contributed by atoms with E-state index in [1.54, 1.807) is 0 Å². The Labute approximate surface area is 134 Å². The molecule has 1 atom stereocenters. The fourth-order valence-corrected chi connectivity index (χ4v) is 3.26. The van der Waals surface area contributed by atoms with Gasteiger partial charge in [-0.2, -0.15) is 0 Å². The summed E-state index contributed by atoms with van der Waals surface area (Å²) in [6, 6.07) is 8.46. The van der Waals surface area contributed by atoms with Crippen molar-refractivity contribution in [2.45, 2.75) is 25.3 Å². The summed E-state index contributed by atoms with van der Waals surface area (Å²) in [6.45, 7) is 6.01. The molecule has 1 aromatic rings. The molecule has 1 aromatic carbocycles. The second-order valence-electron chi connectivity index (χ2n) is 6.00. The largest absolute Gasteiger partial charge is 0.313 e. The Morgan fingerprint density at radius 2 is 1.95 bits per heavy atom. The molecule has 118 valence electrons. The van der Waals surface area contributed by atoms with Crippen LogP contribution in [-0.2, 0) is 0 Å². The zero-order chi connectivity index (χ0) is 15.1. The van der Waals surface area contributed by atoms with Crippen LogP contribution in [-0.4, -0.2) is 56.6 Å². The standard InChI is InChI=1S/C17H28ClN3/c1-19-17(15-7-3-4-8-16(15)18)9-12-20(2)13-14-21-10-5-6-11-21/h3-4,7-8,17,19H,5-6,9-14H2,1-2H3. The predicted octanol–water partition coefficient (Wildman–Crippen LogP) is 3.02. The molecule has 2 rings (SSSR count). The highest BCUT2D eigenvalue weighted by Crippen LogP contribution is 2.24. The van der Waals surface area contributed by atoms with Crippen LogP contribution in [0.1, 0.15) is 30.9 Å². The monoisotopic (exact) mass is 309 g/mol. The Morgan fingerprint density at radius 1 is 1.24 bits per heavy atom. The van der Waals surface area contributed by atoms with Crippen LogP contribution < -0.4 is 5.32 Å². The van der Waals surface area contributed by atoms with Crippen LogP contribution in [0, 0.1) is 0 Å². The molecule has 0 saturated carbocycles. The second-order valence-corrected chi connectivity index (χ2v) is 6.41. The number of likely N-dealkylation sites (N-methyl/N-ethyl adjacent to an activating group) is 1. The van der Waals surface area contributed by atoms with Gasteiger partial charge in [0.1, 0.15) is 0 Å². The van der Waals surface area contributed by atoms with Gasteiger partial charge in [-0.05, 0) is 64.6 Å². The summed E-state index contributed by atoms with van der Waals surface area (Å²) in [5.74, 6) is 0. The van der Waals surface area contributed by atoms with Crippen molar-refractivity contribution in [3.63, 3.8) is 0 Å². The number of hydrogen-bond acceptors (Lipinski definition) is 3. The van der Waals surface area contributed by atoms with E-state index in [0.717, 1.165) is 24.5 Å². The van der Waals surface area contributed by atoms with Gasteiger partial charge >= 0.3 is 0 Å². The summed E-state index contributed by atoms with van der Waals surface area (Å²) in [4.78, 5) is 5.00. The highest BCUT2D eigenvalue weighted by atomic mass is 35.5. The first kappa shape index (κ1) is 16.8. The van der Waals surface area contributed by atoms with Crippen LogP contribution in [0.5, 0.6) is 0 Å². The smallest absolute Gasteiger partial charge is 0.0453 e. The lowest BCUT2D eigenvalue weighted by molar-refractivity contribution is 0.249. The van der Waals surface area contributed by atoms with Gasteiger partial charge in [0.2, 0.25) is 0 Å². The van der Waals surface area contributed by atoms with E-state index in [-0.39, 0.29) is 0 Å². The fraction of sp³-hybridized carbons (Fsp3) is 0.647. The fourth-order valence-electron chi connectivity index (χ4n) is 2.99. The maximum atomic E-state index is 6.30. The summed E-state index contributed by atoms with van der Waals surface area (Å²) in [6.07, 6.45) is 3.83. The minimum Gasteiger partial charge on any atom is -0.313 e. The molecule has 1 N–H and O–H groups in total. The maximum absolute atomic E-state index is 6.30. The van der Waals surface area contributed by atoms with E-state index < -0.39 is 0 Å². The second kappa shape index (κ2) is 8.74. The third-order valence-electron chi connectivity index (χ3n) is 4.43. The quantitative estimate of drug-likeness (QED) is 0.796. The Bertz CT molecular complexity index is 418. The number of hydrogen-bond donors (Lipinski definition) is 1. The molecule has 1 aliphatic heterocycles. The van der Waals surface area contributed by atoms with Crippen molar-refractivity contribution in [2.24, 2.45) is 0 Å². The Balaban J connectivity index is 1.75. The van der Waals surface area contributed by atoms with Gasteiger partial charge in [0.05, 0.1) is 0 Å². The molecular formula is C17H28ClN3. The average Bonchev–Trinajstić information content (AvgIpc) is 3.01. The van der Waals surface area contributed by atoms with Crippen molar-refractivity contribution in [2.75, 3.05) is 46.8 Å². The molecule has 1 fully saturated rings. The van der Waals surface area contributed by atoms with Crippen molar-refractivity contribution in [3.8, 4) is 0 Å². The number of benzene rings is 1. The highest BCUT2D eigenvalue weighted by Gasteiger charge is 2.15. The average molecular weight is 310 g/mol. The Kier molecular flexibility index (Phi) is 6.97. The van der Waals surface area contributed by atoms with E-state index in [1.165, 1.54) is 38.0 Å². The van der Waals surface area contributed by atoms with Crippen LogP contribution in [0.2, 0.25) is 5.02 Å². The number of halogens is 1. The molecule has 0 amide bonds. The molecule has 0 aliphatic carbocycles. The molecular weight excluding hydrogens is 282 g/mol. The minimum atomic E-state index is 0.327. The van der Waals surface area contributed by atoms with Crippen molar-refractivity contribution in [3.05, 3.63) is 34.9 Å². The first-order chi connectivity index (χ1) is 10.2. The first-order valence-corrected chi connectivity index (χ1v) is 8.41. The molecule has 0 aromatic heterocycles. The lowest BCUT2D eigenvalue weighted by Gasteiger charge is -2.24. The van der Waals surface area contributed by atoms with Crippen molar-refractivity contribution >= 4 is 11.6 Å². The van der Waals surface area contributed by atoms with E-state index in [4.69, 9.17) is 11.6 Å². The third-order valence-corrected chi connectivity index (χ3v) is 4.77. The maximum Gasteiger partial charge on any atom is 0.0453 e. The third kappa shape index (κ3) is 5.26. The van der Waals surface area contributed by atoms with Crippen molar-refractivity contribution < 1.29 is 0 Å². The summed E-state index contributed by atoms with van der Waals surface area (Å²) in [5.41, 5.74) is 1.20. The molecule has 1 heterocycles. The lowest BCUT2D eigenvalue weighted by Crippen LogP contribution is -2.33. The molecule has 1 saturated heterocycles. The molecule has 21 heavy (non-hydrogen) atoms. The zero-order valence-electron chi connectivity index (χ0n) is 13.3. The van der Waals surface area contributed by atoms with Gasteiger partial charge in [-0.1, -0.05) is 29.8 Å². The number of nitrogens with zero attached hydrogens (tertiary/aromatic N) is 2. The van der Waals surface area contributed by atoms with Gasteiger partial charge in [-0.15, -0.1) is 0 Å². The van der Waals surface area contributed by atoms with Gasteiger partial charge < -0.3 is 15.1 Å². The molecule has 4 heteroatoms. The first-order valence-electron chi connectivity index (χ1n) is 8.03. The van der Waals surface area contributed by atoms with E-state index >= 15 is 0 Å². The summed E-state index contributed by atoms with van der Waals surface area (Å²) in [7, 11) is 4.23. The normalized spacial score (nSPS) is 17.5. The van der Waals surface area contributed by atoms with Crippen LogP contribution in [0.25, 0.3) is 0 Å². The number of nitrogens with one attached hydrogen (secondary N) is 1. The number of rotatable bonds is 8. The zero-order valence-corrected chi connectivity index (χ0v) is 14.1.